The molecule has 6 heteroatoms. The summed E-state index contributed by atoms with van der Waals surface area (Å²) in [4.78, 5) is 14.7. The third kappa shape index (κ3) is 3.60. The molecule has 1 aromatic heterocycles. The number of methoxy groups -OCH3 is 2. The molecule has 0 amide bonds. The van der Waals surface area contributed by atoms with E-state index in [1.165, 1.54) is 24.0 Å². The summed E-state index contributed by atoms with van der Waals surface area (Å²) < 4.78 is 11.2. The molecule has 0 spiro atoms. The highest BCUT2D eigenvalue weighted by molar-refractivity contribution is 5.54. The zero-order valence-corrected chi connectivity index (χ0v) is 17.4. The Bertz CT molecular complexity index is 845. The highest BCUT2D eigenvalue weighted by atomic mass is 16.5. The SMILES string of the molecule is COc1nc2c(c(N3[C@@H]4CC[C@H]3CC(OC)C4)n1)CN(Cc1ccccc1)CC2. The first-order valence-electron chi connectivity index (χ1n) is 10.8. The molecule has 2 fully saturated rings. The summed E-state index contributed by atoms with van der Waals surface area (Å²) in [7, 11) is 3.51. The molecule has 1 unspecified atom stereocenters. The van der Waals surface area contributed by atoms with Crippen molar-refractivity contribution in [3.63, 3.8) is 0 Å². The molecule has 0 saturated carbocycles. The molecule has 6 nitrogen and oxygen atoms in total. The van der Waals surface area contributed by atoms with Gasteiger partial charge >= 0.3 is 6.01 Å². The summed E-state index contributed by atoms with van der Waals surface area (Å²) in [5.74, 6) is 1.10. The average Bonchev–Trinajstić information content (AvgIpc) is 3.02. The summed E-state index contributed by atoms with van der Waals surface area (Å²) in [5, 5.41) is 0. The van der Waals surface area contributed by atoms with Gasteiger partial charge in [0.2, 0.25) is 0 Å². The third-order valence-electron chi connectivity index (χ3n) is 6.80. The molecule has 1 aromatic carbocycles. The Labute approximate surface area is 172 Å². The number of nitrogens with zero attached hydrogens (tertiary/aromatic N) is 4. The molecule has 3 aliphatic rings. The molecular weight excluding hydrogens is 364 g/mol. The molecule has 4 heterocycles. The number of anilines is 1. The summed E-state index contributed by atoms with van der Waals surface area (Å²) >= 11 is 0. The fraction of sp³-hybridized carbons (Fsp3) is 0.565. The third-order valence-corrected chi connectivity index (χ3v) is 6.80. The molecule has 29 heavy (non-hydrogen) atoms. The lowest BCUT2D eigenvalue weighted by Crippen LogP contribution is -2.47. The Morgan fingerprint density at radius 1 is 1.03 bits per heavy atom. The molecule has 3 aliphatic heterocycles. The first-order valence-corrected chi connectivity index (χ1v) is 10.8. The predicted octanol–water partition coefficient (Wildman–Crippen LogP) is 3.19. The maximum Gasteiger partial charge on any atom is 0.318 e. The van der Waals surface area contributed by atoms with E-state index in [1.54, 1.807) is 7.11 Å². The van der Waals surface area contributed by atoms with E-state index >= 15 is 0 Å². The number of rotatable bonds is 5. The summed E-state index contributed by atoms with van der Waals surface area (Å²) in [6.45, 7) is 2.87. The zero-order valence-electron chi connectivity index (χ0n) is 17.4. The molecule has 0 radical (unpaired) electrons. The molecule has 3 atom stereocenters. The van der Waals surface area contributed by atoms with Gasteiger partial charge in [-0.05, 0) is 31.2 Å². The van der Waals surface area contributed by atoms with E-state index in [0.717, 1.165) is 50.4 Å². The topological polar surface area (TPSA) is 50.7 Å². The number of piperidine rings is 1. The van der Waals surface area contributed by atoms with Crippen LogP contribution in [-0.2, 0) is 24.2 Å². The van der Waals surface area contributed by atoms with Crippen LogP contribution in [0, 0.1) is 0 Å². The van der Waals surface area contributed by atoms with Crippen LogP contribution in [0.4, 0.5) is 5.82 Å². The van der Waals surface area contributed by atoms with Crippen molar-refractivity contribution in [1.82, 2.24) is 14.9 Å². The first kappa shape index (κ1) is 18.8. The van der Waals surface area contributed by atoms with Gasteiger partial charge in [-0.25, -0.2) is 0 Å². The van der Waals surface area contributed by atoms with Gasteiger partial charge in [0.25, 0.3) is 0 Å². The van der Waals surface area contributed by atoms with Crippen LogP contribution in [0.3, 0.4) is 0 Å². The van der Waals surface area contributed by atoms with Crippen molar-refractivity contribution in [2.24, 2.45) is 0 Å². The standard InChI is InChI=1S/C23H30N4O2/c1-28-19-12-17-8-9-18(13-19)27(17)22-20-15-26(14-16-6-4-3-5-7-16)11-10-21(20)24-23(25-22)29-2/h3-7,17-19H,8-15H2,1-2H3/t17-,18+,19?. The van der Waals surface area contributed by atoms with Crippen LogP contribution in [0.25, 0.3) is 0 Å². The van der Waals surface area contributed by atoms with Gasteiger partial charge < -0.3 is 14.4 Å². The molecule has 154 valence electrons. The normalized spacial score (nSPS) is 26.4. The first-order chi connectivity index (χ1) is 14.2. The minimum absolute atomic E-state index is 0.373. The molecule has 5 rings (SSSR count). The number of hydrogen-bond acceptors (Lipinski definition) is 6. The van der Waals surface area contributed by atoms with Crippen LogP contribution in [0.1, 0.15) is 42.5 Å². The number of ether oxygens (including phenoxy) is 2. The number of hydrogen-bond donors (Lipinski definition) is 0. The maximum atomic E-state index is 5.70. The lowest BCUT2D eigenvalue weighted by molar-refractivity contribution is 0.0680. The van der Waals surface area contributed by atoms with E-state index in [4.69, 9.17) is 19.4 Å². The highest BCUT2D eigenvalue weighted by Crippen LogP contribution is 2.42. The Hall–Kier alpha value is -2.18. The van der Waals surface area contributed by atoms with Crippen LogP contribution in [0.5, 0.6) is 6.01 Å². The van der Waals surface area contributed by atoms with Gasteiger partial charge in [0, 0.05) is 50.8 Å². The van der Waals surface area contributed by atoms with Crippen molar-refractivity contribution in [3.8, 4) is 6.01 Å². The van der Waals surface area contributed by atoms with Gasteiger partial charge in [0.05, 0.1) is 18.9 Å². The lowest BCUT2D eigenvalue weighted by atomic mass is 9.97. The van der Waals surface area contributed by atoms with Crippen LogP contribution in [0.2, 0.25) is 0 Å². The molecular formula is C23H30N4O2. The van der Waals surface area contributed by atoms with Gasteiger partial charge in [0.15, 0.2) is 0 Å². The van der Waals surface area contributed by atoms with Gasteiger partial charge in [-0.1, -0.05) is 30.3 Å². The van der Waals surface area contributed by atoms with E-state index in [9.17, 15) is 0 Å². The minimum Gasteiger partial charge on any atom is -0.467 e. The molecule has 2 bridgehead atoms. The highest BCUT2D eigenvalue weighted by Gasteiger charge is 2.43. The fourth-order valence-corrected chi connectivity index (χ4v) is 5.38. The van der Waals surface area contributed by atoms with E-state index in [0.29, 0.717) is 24.2 Å². The van der Waals surface area contributed by atoms with Crippen LogP contribution < -0.4 is 9.64 Å². The van der Waals surface area contributed by atoms with E-state index < -0.39 is 0 Å². The fourth-order valence-electron chi connectivity index (χ4n) is 5.38. The van der Waals surface area contributed by atoms with Crippen LogP contribution in [0.15, 0.2) is 30.3 Å². The van der Waals surface area contributed by atoms with Crippen molar-refractivity contribution in [2.45, 2.75) is 63.4 Å². The summed E-state index contributed by atoms with van der Waals surface area (Å²) in [6, 6.07) is 12.2. The van der Waals surface area contributed by atoms with E-state index in [2.05, 4.69) is 40.1 Å². The van der Waals surface area contributed by atoms with Gasteiger partial charge in [-0.2, -0.15) is 9.97 Å². The number of fused-ring (bicyclic) bond motifs is 3. The van der Waals surface area contributed by atoms with Crippen molar-refractivity contribution in [2.75, 3.05) is 25.7 Å². The second-order valence-corrected chi connectivity index (χ2v) is 8.53. The molecule has 2 aromatic rings. The molecule has 0 aliphatic carbocycles. The summed E-state index contributed by atoms with van der Waals surface area (Å²) in [5.41, 5.74) is 3.80. The lowest BCUT2D eigenvalue weighted by Gasteiger charge is -2.41. The van der Waals surface area contributed by atoms with Gasteiger partial charge in [-0.15, -0.1) is 0 Å². The summed E-state index contributed by atoms with van der Waals surface area (Å²) in [6.07, 6.45) is 5.93. The van der Waals surface area contributed by atoms with Crippen molar-refractivity contribution in [3.05, 3.63) is 47.2 Å². The molecule has 0 N–H and O–H groups in total. The quantitative estimate of drug-likeness (QED) is 0.776. The Kier molecular flexibility index (Phi) is 5.14. The van der Waals surface area contributed by atoms with Crippen LogP contribution >= 0.6 is 0 Å². The maximum absolute atomic E-state index is 5.70. The predicted molar refractivity (Wildman–Crippen MR) is 112 cm³/mol. The Balaban J connectivity index is 1.46. The van der Waals surface area contributed by atoms with Crippen molar-refractivity contribution < 1.29 is 9.47 Å². The molecule has 2 saturated heterocycles. The second kappa shape index (κ2) is 7.92. The average molecular weight is 395 g/mol. The monoisotopic (exact) mass is 394 g/mol. The van der Waals surface area contributed by atoms with E-state index in [-0.39, 0.29) is 0 Å². The number of benzene rings is 1. The second-order valence-electron chi connectivity index (χ2n) is 8.53. The smallest absolute Gasteiger partial charge is 0.318 e. The minimum atomic E-state index is 0.373. The largest absolute Gasteiger partial charge is 0.467 e. The zero-order chi connectivity index (χ0) is 19.8. The Morgan fingerprint density at radius 2 is 1.79 bits per heavy atom. The van der Waals surface area contributed by atoms with Crippen LogP contribution in [-0.4, -0.2) is 53.8 Å². The van der Waals surface area contributed by atoms with Crippen molar-refractivity contribution >= 4 is 5.82 Å². The van der Waals surface area contributed by atoms with Crippen molar-refractivity contribution in [1.29, 1.82) is 0 Å². The Morgan fingerprint density at radius 3 is 2.48 bits per heavy atom. The van der Waals surface area contributed by atoms with Gasteiger partial charge in [-0.3, -0.25) is 4.90 Å². The van der Waals surface area contributed by atoms with Gasteiger partial charge in [0.1, 0.15) is 5.82 Å². The van der Waals surface area contributed by atoms with E-state index in [1.807, 2.05) is 7.11 Å². The number of aromatic nitrogens is 2.